The van der Waals surface area contributed by atoms with Crippen LogP contribution in [0, 0.1) is 0 Å². The van der Waals surface area contributed by atoms with Gasteiger partial charge in [-0.05, 0) is 28.1 Å². The van der Waals surface area contributed by atoms with E-state index in [1.54, 1.807) is 11.3 Å². The number of rotatable bonds is 3. The maximum Gasteiger partial charge on any atom is 0.335 e. The molecule has 0 saturated heterocycles. The number of nitrogens with zero attached hydrogens (tertiary/aromatic N) is 1. The average Bonchev–Trinajstić information content (AvgIpc) is 2.67. The Bertz CT molecular complexity index is 617. The Labute approximate surface area is 109 Å². The molecule has 0 fully saturated rings. The van der Waals surface area contributed by atoms with Gasteiger partial charge in [-0.2, -0.15) is 0 Å². The van der Waals surface area contributed by atoms with Crippen LogP contribution in [0.25, 0.3) is 0 Å². The lowest BCUT2D eigenvalue weighted by Gasteiger charge is -2.03. The van der Waals surface area contributed by atoms with Crippen molar-refractivity contribution in [3.05, 3.63) is 55.0 Å². The minimum absolute atomic E-state index is 0.0126. The van der Waals surface area contributed by atoms with Gasteiger partial charge in [0.05, 0.1) is 12.1 Å². The summed E-state index contributed by atoms with van der Waals surface area (Å²) >= 11 is 4.88. The molecule has 0 bridgehead atoms. The smallest absolute Gasteiger partial charge is 0.335 e. The van der Waals surface area contributed by atoms with Crippen LogP contribution in [0.1, 0.15) is 15.2 Å². The van der Waals surface area contributed by atoms with Gasteiger partial charge in [-0.1, -0.05) is 0 Å². The van der Waals surface area contributed by atoms with Crippen molar-refractivity contribution in [3.8, 4) is 0 Å². The molecule has 2 rings (SSSR count). The first kappa shape index (κ1) is 12.1. The highest BCUT2D eigenvalue weighted by molar-refractivity contribution is 9.10. The fourth-order valence-corrected chi connectivity index (χ4v) is 2.82. The third-order valence-corrected chi connectivity index (χ3v) is 3.87. The average molecular weight is 314 g/mol. The third-order valence-electron chi connectivity index (χ3n) is 2.19. The third kappa shape index (κ3) is 2.83. The van der Waals surface area contributed by atoms with Crippen molar-refractivity contribution in [2.75, 3.05) is 0 Å². The number of thiophene rings is 1. The van der Waals surface area contributed by atoms with Crippen molar-refractivity contribution in [1.82, 2.24) is 4.57 Å². The van der Waals surface area contributed by atoms with Crippen LogP contribution in [0.15, 0.2) is 39.0 Å². The monoisotopic (exact) mass is 313 g/mol. The van der Waals surface area contributed by atoms with Crippen molar-refractivity contribution in [2.24, 2.45) is 0 Å². The Morgan fingerprint density at radius 1 is 1.47 bits per heavy atom. The zero-order valence-electron chi connectivity index (χ0n) is 8.59. The van der Waals surface area contributed by atoms with Crippen molar-refractivity contribution < 1.29 is 9.90 Å². The fourth-order valence-electron chi connectivity index (χ4n) is 1.38. The van der Waals surface area contributed by atoms with E-state index < -0.39 is 5.97 Å². The molecule has 2 aromatic heterocycles. The number of carboxylic acid groups (broad SMARTS) is 1. The lowest BCUT2D eigenvalue weighted by Crippen LogP contribution is -2.20. The van der Waals surface area contributed by atoms with Crippen LogP contribution in [-0.2, 0) is 6.54 Å². The van der Waals surface area contributed by atoms with E-state index >= 15 is 0 Å². The number of pyridine rings is 1. The highest BCUT2D eigenvalue weighted by Gasteiger charge is 2.06. The predicted octanol–water partition coefficient (Wildman–Crippen LogP) is 2.42. The molecule has 1 N–H and O–H groups in total. The molecule has 6 heteroatoms. The Balaban J connectivity index is 2.28. The molecule has 0 aliphatic rings. The van der Waals surface area contributed by atoms with E-state index in [-0.39, 0.29) is 11.1 Å². The summed E-state index contributed by atoms with van der Waals surface area (Å²) in [6.45, 7) is 0.453. The number of aromatic carboxylic acids is 1. The molecule has 0 aliphatic carbocycles. The van der Waals surface area contributed by atoms with E-state index in [4.69, 9.17) is 5.11 Å². The highest BCUT2D eigenvalue weighted by atomic mass is 79.9. The van der Waals surface area contributed by atoms with Crippen molar-refractivity contribution >= 4 is 33.2 Å². The summed E-state index contributed by atoms with van der Waals surface area (Å²) in [5, 5.41) is 10.7. The van der Waals surface area contributed by atoms with Gasteiger partial charge < -0.3 is 9.67 Å². The maximum atomic E-state index is 11.6. The molecule has 88 valence electrons. The van der Waals surface area contributed by atoms with Crippen LogP contribution in [0.5, 0.6) is 0 Å². The first-order valence-electron chi connectivity index (χ1n) is 4.73. The summed E-state index contributed by atoms with van der Waals surface area (Å²) < 4.78 is 2.46. The van der Waals surface area contributed by atoms with E-state index in [9.17, 15) is 9.59 Å². The van der Waals surface area contributed by atoms with Gasteiger partial charge in [0.2, 0.25) is 0 Å². The standard InChI is InChI=1S/C11H8BrNO3S/c12-8-4-9(17-6-8)5-13-2-1-7(11(15)16)3-10(13)14/h1-4,6H,5H2,(H,15,16). The van der Waals surface area contributed by atoms with Gasteiger partial charge in [-0.3, -0.25) is 4.79 Å². The molecule has 0 saturated carbocycles. The van der Waals surface area contributed by atoms with Crippen molar-refractivity contribution in [2.45, 2.75) is 6.54 Å². The zero-order chi connectivity index (χ0) is 12.4. The molecule has 2 aromatic rings. The number of aromatic nitrogens is 1. The van der Waals surface area contributed by atoms with Crippen LogP contribution in [0.2, 0.25) is 0 Å². The largest absolute Gasteiger partial charge is 0.478 e. The first-order chi connectivity index (χ1) is 8.06. The molecule has 4 nitrogen and oxygen atoms in total. The summed E-state index contributed by atoms with van der Waals surface area (Å²) in [5.41, 5.74) is -0.298. The van der Waals surface area contributed by atoms with E-state index in [0.29, 0.717) is 6.54 Å². The normalized spacial score (nSPS) is 10.4. The van der Waals surface area contributed by atoms with E-state index in [0.717, 1.165) is 15.4 Å². The molecule has 0 radical (unpaired) electrons. The summed E-state index contributed by atoms with van der Waals surface area (Å²) in [4.78, 5) is 23.4. The molecule has 2 heterocycles. The minimum atomic E-state index is -1.09. The van der Waals surface area contributed by atoms with Gasteiger partial charge in [0.25, 0.3) is 5.56 Å². The topological polar surface area (TPSA) is 59.3 Å². The maximum absolute atomic E-state index is 11.6. The van der Waals surface area contributed by atoms with Crippen LogP contribution < -0.4 is 5.56 Å². The van der Waals surface area contributed by atoms with Gasteiger partial charge in [0, 0.05) is 27.0 Å². The molecule has 0 aliphatic heterocycles. The summed E-state index contributed by atoms with van der Waals surface area (Å²) in [6, 6.07) is 4.49. The second-order valence-corrected chi connectivity index (χ2v) is 5.33. The van der Waals surface area contributed by atoms with Gasteiger partial charge in [0.1, 0.15) is 0 Å². The summed E-state index contributed by atoms with van der Waals surface area (Å²) in [6.07, 6.45) is 1.50. The number of carbonyl (C=O) groups is 1. The Hall–Kier alpha value is -1.40. The summed E-state index contributed by atoms with van der Waals surface area (Å²) in [7, 11) is 0. The number of hydrogen-bond donors (Lipinski definition) is 1. The first-order valence-corrected chi connectivity index (χ1v) is 6.40. The van der Waals surface area contributed by atoms with Gasteiger partial charge in [-0.25, -0.2) is 4.79 Å². The van der Waals surface area contributed by atoms with Gasteiger partial charge >= 0.3 is 5.97 Å². The zero-order valence-corrected chi connectivity index (χ0v) is 11.0. The minimum Gasteiger partial charge on any atom is -0.478 e. The molecule has 0 amide bonds. The van der Waals surface area contributed by atoms with Crippen molar-refractivity contribution in [1.29, 1.82) is 0 Å². The van der Waals surface area contributed by atoms with Crippen LogP contribution in [0.3, 0.4) is 0 Å². The van der Waals surface area contributed by atoms with Crippen LogP contribution in [-0.4, -0.2) is 15.6 Å². The molecule has 0 aromatic carbocycles. The lowest BCUT2D eigenvalue weighted by molar-refractivity contribution is 0.0696. The number of hydrogen-bond acceptors (Lipinski definition) is 3. The molecule has 0 spiro atoms. The molecule has 17 heavy (non-hydrogen) atoms. The van der Waals surface area contributed by atoms with Crippen LogP contribution >= 0.6 is 27.3 Å². The molecular weight excluding hydrogens is 306 g/mol. The Morgan fingerprint density at radius 2 is 2.24 bits per heavy atom. The van der Waals surface area contributed by atoms with E-state index in [1.807, 2.05) is 11.4 Å². The number of halogens is 1. The fraction of sp³-hybridized carbons (Fsp3) is 0.0909. The van der Waals surface area contributed by atoms with E-state index in [1.165, 1.54) is 16.8 Å². The SMILES string of the molecule is O=C(O)c1ccn(Cc2cc(Br)cs2)c(=O)c1. The van der Waals surface area contributed by atoms with E-state index in [2.05, 4.69) is 15.9 Å². The van der Waals surface area contributed by atoms with Gasteiger partial charge in [-0.15, -0.1) is 11.3 Å². The van der Waals surface area contributed by atoms with Crippen LogP contribution in [0.4, 0.5) is 0 Å². The quantitative estimate of drug-likeness (QED) is 0.946. The molecule has 0 atom stereocenters. The second kappa shape index (κ2) is 4.85. The molecular formula is C11H8BrNO3S. The Morgan fingerprint density at radius 3 is 2.76 bits per heavy atom. The highest BCUT2D eigenvalue weighted by Crippen LogP contribution is 2.20. The summed E-state index contributed by atoms with van der Waals surface area (Å²) in [5.74, 6) is -1.09. The predicted molar refractivity (Wildman–Crippen MR) is 68.8 cm³/mol. The Kier molecular flexibility index (Phi) is 3.44. The lowest BCUT2D eigenvalue weighted by atomic mass is 10.3. The molecule has 0 unspecified atom stereocenters. The number of carboxylic acids is 1. The van der Waals surface area contributed by atoms with Crippen molar-refractivity contribution in [3.63, 3.8) is 0 Å². The van der Waals surface area contributed by atoms with Gasteiger partial charge in [0.15, 0.2) is 0 Å². The second-order valence-electron chi connectivity index (χ2n) is 3.42.